The summed E-state index contributed by atoms with van der Waals surface area (Å²) >= 11 is 0. The molecule has 0 aliphatic carbocycles. The van der Waals surface area contributed by atoms with Crippen LogP contribution in [-0.4, -0.2) is 69.2 Å². The number of nitrogens with one attached hydrogen (secondary N) is 1. The van der Waals surface area contributed by atoms with Gasteiger partial charge in [0.15, 0.2) is 5.67 Å². The Morgan fingerprint density at radius 1 is 1.12 bits per heavy atom. The third-order valence-corrected chi connectivity index (χ3v) is 6.59. The number of rotatable bonds is 5. The van der Waals surface area contributed by atoms with Gasteiger partial charge in [-0.2, -0.15) is 4.98 Å². The minimum atomic E-state index is -1.72. The molecule has 0 radical (unpaired) electrons. The van der Waals surface area contributed by atoms with Crippen LogP contribution >= 0.6 is 0 Å². The molecule has 5 rings (SSSR count). The summed E-state index contributed by atoms with van der Waals surface area (Å²) in [7, 11) is 0. The van der Waals surface area contributed by atoms with Gasteiger partial charge >= 0.3 is 0 Å². The molecule has 34 heavy (non-hydrogen) atoms. The van der Waals surface area contributed by atoms with Gasteiger partial charge in [0.05, 0.1) is 25.7 Å². The van der Waals surface area contributed by atoms with E-state index in [-0.39, 0.29) is 12.5 Å². The molecule has 2 fully saturated rings. The summed E-state index contributed by atoms with van der Waals surface area (Å²) in [4.78, 5) is 21.7. The summed E-state index contributed by atoms with van der Waals surface area (Å²) in [6.07, 6.45) is 3.74. The monoisotopic (exact) mass is 469 g/mol. The fraction of sp³-hybridized carbons (Fsp3) is 0.500. The molecule has 10 heteroatoms. The van der Waals surface area contributed by atoms with Crippen LogP contribution < -0.4 is 15.1 Å². The highest BCUT2D eigenvalue weighted by molar-refractivity contribution is 5.96. The number of nitrogens with zero attached hydrogens (tertiary/aromatic N) is 6. The Morgan fingerprint density at radius 2 is 1.91 bits per heavy atom. The molecule has 2 atom stereocenters. The molecule has 0 unspecified atom stereocenters. The van der Waals surface area contributed by atoms with Gasteiger partial charge in [0.25, 0.3) is 0 Å². The molecule has 0 saturated carbocycles. The number of hydrogen-bond acceptors (Lipinski definition) is 8. The van der Waals surface area contributed by atoms with Crippen LogP contribution in [0, 0.1) is 0 Å². The van der Waals surface area contributed by atoms with Gasteiger partial charge in [-0.15, -0.1) is 0 Å². The van der Waals surface area contributed by atoms with E-state index in [9.17, 15) is 13.9 Å². The number of hydrogen-bond donors (Lipinski definition) is 2. The van der Waals surface area contributed by atoms with Crippen molar-refractivity contribution in [2.45, 2.75) is 51.1 Å². The van der Waals surface area contributed by atoms with Crippen molar-refractivity contribution in [1.29, 1.82) is 0 Å². The smallest absolute Gasteiger partial charge is 0.227 e. The van der Waals surface area contributed by atoms with Crippen molar-refractivity contribution in [3.63, 3.8) is 0 Å². The predicted molar refractivity (Wildman–Crippen MR) is 128 cm³/mol. The lowest BCUT2D eigenvalue weighted by Crippen LogP contribution is -2.52. The first kappa shape index (κ1) is 22.6. The van der Waals surface area contributed by atoms with E-state index in [1.54, 1.807) is 23.4 Å². The van der Waals surface area contributed by atoms with Gasteiger partial charge in [-0.25, -0.2) is 23.7 Å². The lowest BCUT2D eigenvalue weighted by atomic mass is 9.94. The summed E-state index contributed by atoms with van der Waals surface area (Å²) in [5, 5.41) is 15.0. The maximum Gasteiger partial charge on any atom is 0.227 e. The number of halogens is 2. The van der Waals surface area contributed by atoms with Crippen molar-refractivity contribution in [2.75, 3.05) is 41.3 Å². The second kappa shape index (κ2) is 8.57. The van der Waals surface area contributed by atoms with E-state index in [1.165, 1.54) is 6.92 Å². The fourth-order valence-electron chi connectivity index (χ4n) is 4.53. The average Bonchev–Trinajstić information content (AvgIpc) is 2.78. The van der Waals surface area contributed by atoms with Crippen molar-refractivity contribution >= 4 is 34.2 Å². The lowest BCUT2D eigenvalue weighted by molar-refractivity contribution is -0.00860. The molecule has 2 aliphatic heterocycles. The van der Waals surface area contributed by atoms with Gasteiger partial charge in [-0.05, 0) is 42.3 Å². The van der Waals surface area contributed by atoms with Crippen molar-refractivity contribution in [2.24, 2.45) is 0 Å². The largest absolute Gasteiger partial charge is 0.390 e. The van der Waals surface area contributed by atoms with Crippen LogP contribution in [0.15, 0.2) is 30.7 Å². The van der Waals surface area contributed by atoms with Gasteiger partial charge in [-0.3, -0.25) is 0 Å². The quantitative estimate of drug-likeness (QED) is 0.584. The summed E-state index contributed by atoms with van der Waals surface area (Å²) in [5.74, 6) is 2.53. The van der Waals surface area contributed by atoms with E-state index in [0.717, 1.165) is 22.2 Å². The van der Waals surface area contributed by atoms with E-state index in [2.05, 4.69) is 39.1 Å². The Labute approximate surface area is 197 Å². The zero-order valence-electron chi connectivity index (χ0n) is 19.5. The molecule has 2 N–H and O–H groups in total. The zero-order valence-corrected chi connectivity index (χ0v) is 19.5. The Kier molecular flexibility index (Phi) is 5.71. The van der Waals surface area contributed by atoms with Crippen LogP contribution in [0.3, 0.4) is 0 Å². The molecule has 2 aliphatic rings. The highest BCUT2D eigenvalue weighted by Gasteiger charge is 2.39. The molecule has 8 nitrogen and oxygen atoms in total. The molecule has 0 bridgehead atoms. The van der Waals surface area contributed by atoms with Gasteiger partial charge in [0.2, 0.25) is 5.95 Å². The standard InChI is InChI=1S/C24H29F2N7O/c1-14(2)17-9-29-22(33-11-15(25)12-33)18-10-28-21(8-16(17)18)30-20-4-6-27-23(31-20)32-7-5-19(34)24(3,26)13-32/h4,6,8-10,14-15,19,34H,5,7,11-13H2,1-3H3,(H,27,28,30,31)/t19-,24+/m1/s1. The third-order valence-electron chi connectivity index (χ3n) is 6.59. The van der Waals surface area contributed by atoms with Crippen molar-refractivity contribution < 1.29 is 13.9 Å². The van der Waals surface area contributed by atoms with E-state index in [1.807, 2.05) is 17.2 Å². The first-order chi connectivity index (χ1) is 16.2. The van der Waals surface area contributed by atoms with Gasteiger partial charge in [-0.1, -0.05) is 13.8 Å². The lowest BCUT2D eigenvalue weighted by Gasteiger charge is -2.38. The van der Waals surface area contributed by atoms with Gasteiger partial charge in [0.1, 0.15) is 23.6 Å². The van der Waals surface area contributed by atoms with Crippen molar-refractivity contribution in [3.8, 4) is 0 Å². The molecular formula is C24H29F2N7O. The van der Waals surface area contributed by atoms with Crippen LogP contribution in [0.2, 0.25) is 0 Å². The highest BCUT2D eigenvalue weighted by atomic mass is 19.1. The molecule has 0 spiro atoms. The maximum absolute atomic E-state index is 14.6. The van der Waals surface area contributed by atoms with E-state index < -0.39 is 17.9 Å². The summed E-state index contributed by atoms with van der Waals surface area (Å²) < 4.78 is 28.1. The second-order valence-electron chi connectivity index (χ2n) is 9.68. The van der Waals surface area contributed by atoms with E-state index >= 15 is 0 Å². The van der Waals surface area contributed by atoms with Crippen molar-refractivity contribution in [3.05, 3.63) is 36.3 Å². The number of aliphatic hydroxyl groups excluding tert-OH is 1. The normalized spacial score (nSPS) is 23.4. The summed E-state index contributed by atoms with van der Waals surface area (Å²) in [6, 6.07) is 3.69. The highest BCUT2D eigenvalue weighted by Crippen LogP contribution is 2.34. The SMILES string of the molecule is CC(C)c1cnc(N2CC(F)C2)c2cnc(Nc3ccnc(N4CC[C@@H](O)[C@@](C)(F)C4)n3)cc12. The van der Waals surface area contributed by atoms with Gasteiger partial charge in [0, 0.05) is 30.5 Å². The van der Waals surface area contributed by atoms with Crippen LogP contribution in [0.4, 0.5) is 32.2 Å². The molecule has 3 aromatic rings. The minimum Gasteiger partial charge on any atom is -0.390 e. The Morgan fingerprint density at radius 3 is 2.62 bits per heavy atom. The Bertz CT molecular complexity index is 1200. The average molecular weight is 470 g/mol. The molecular weight excluding hydrogens is 440 g/mol. The molecule has 180 valence electrons. The topological polar surface area (TPSA) is 90.3 Å². The van der Waals surface area contributed by atoms with Crippen LogP contribution in [0.5, 0.6) is 0 Å². The maximum atomic E-state index is 14.6. The Hall–Kier alpha value is -3.14. The number of aliphatic hydroxyl groups is 1. The molecule has 0 aromatic carbocycles. The third kappa shape index (κ3) is 4.22. The molecule has 5 heterocycles. The number of anilines is 4. The summed E-state index contributed by atoms with van der Waals surface area (Å²) in [5.41, 5.74) is -0.637. The Balaban J connectivity index is 1.43. The van der Waals surface area contributed by atoms with E-state index in [0.29, 0.717) is 43.6 Å². The van der Waals surface area contributed by atoms with Gasteiger partial charge < -0.3 is 20.2 Å². The van der Waals surface area contributed by atoms with Crippen LogP contribution in [0.25, 0.3) is 10.8 Å². The zero-order chi connectivity index (χ0) is 24.0. The fourth-order valence-corrected chi connectivity index (χ4v) is 4.53. The molecule has 0 amide bonds. The first-order valence-electron chi connectivity index (χ1n) is 11.6. The van der Waals surface area contributed by atoms with E-state index in [4.69, 9.17) is 0 Å². The summed E-state index contributed by atoms with van der Waals surface area (Å²) in [6.45, 7) is 6.80. The number of alkyl halides is 2. The first-order valence-corrected chi connectivity index (χ1v) is 11.6. The second-order valence-corrected chi connectivity index (χ2v) is 9.68. The number of aromatic nitrogens is 4. The number of fused-ring (bicyclic) bond motifs is 1. The number of pyridine rings is 2. The molecule has 3 aromatic heterocycles. The van der Waals surface area contributed by atoms with Crippen LogP contribution in [0.1, 0.15) is 38.7 Å². The van der Waals surface area contributed by atoms with Crippen molar-refractivity contribution in [1.82, 2.24) is 19.9 Å². The predicted octanol–water partition coefficient (Wildman–Crippen LogP) is 3.74. The molecule has 2 saturated heterocycles. The van der Waals surface area contributed by atoms with Crippen LogP contribution in [-0.2, 0) is 0 Å². The number of piperidine rings is 1. The minimum absolute atomic E-state index is 0.0234.